The number of unbranched alkanes of at least 4 members (excludes halogenated alkanes) is 3. The SMILES string of the molecule is C=CCN(C(=O)C1N(CCCCCCO)C(=O)[C@@H]2[C@H](C(=O)N(CC=C)c3ccc(OCC)cc3)[C@]3(CC)CCC12O3)c1ccc(N(CC)CC)cc1. The summed E-state index contributed by atoms with van der Waals surface area (Å²) in [6, 6.07) is 14.5. The fraction of sp³-hybridized carbons (Fsp3) is 0.548. The molecule has 0 aliphatic carbocycles. The van der Waals surface area contributed by atoms with Gasteiger partial charge in [0.25, 0.3) is 5.91 Å². The van der Waals surface area contributed by atoms with Crippen LogP contribution in [0.15, 0.2) is 73.8 Å². The number of likely N-dealkylation sites (tertiary alicyclic amines) is 1. The Morgan fingerprint density at radius 1 is 0.865 bits per heavy atom. The molecule has 3 heterocycles. The number of nitrogens with zero attached hydrogens (tertiary/aromatic N) is 4. The van der Waals surface area contributed by atoms with Crippen LogP contribution in [0.25, 0.3) is 0 Å². The number of hydrogen-bond donors (Lipinski definition) is 1. The quantitative estimate of drug-likeness (QED) is 0.126. The summed E-state index contributed by atoms with van der Waals surface area (Å²) < 4.78 is 12.8. The van der Waals surface area contributed by atoms with Crippen LogP contribution in [0.1, 0.15) is 72.6 Å². The zero-order valence-corrected chi connectivity index (χ0v) is 31.6. The summed E-state index contributed by atoms with van der Waals surface area (Å²) in [6.45, 7) is 19.3. The molecule has 0 radical (unpaired) electrons. The van der Waals surface area contributed by atoms with E-state index < -0.39 is 29.1 Å². The molecule has 282 valence electrons. The maximum Gasteiger partial charge on any atom is 0.253 e. The zero-order chi connectivity index (χ0) is 37.5. The lowest BCUT2D eigenvalue weighted by Gasteiger charge is -2.37. The van der Waals surface area contributed by atoms with Gasteiger partial charge in [0, 0.05) is 56.4 Å². The fourth-order valence-electron chi connectivity index (χ4n) is 8.90. The molecule has 2 bridgehead atoms. The minimum atomic E-state index is -1.16. The van der Waals surface area contributed by atoms with Crippen molar-refractivity contribution in [3.63, 3.8) is 0 Å². The van der Waals surface area contributed by atoms with Crippen molar-refractivity contribution in [1.29, 1.82) is 0 Å². The number of aliphatic hydroxyl groups excluding tert-OH is 1. The van der Waals surface area contributed by atoms with Gasteiger partial charge >= 0.3 is 0 Å². The molecule has 5 atom stereocenters. The van der Waals surface area contributed by atoms with Crippen LogP contribution in [-0.4, -0.2) is 90.9 Å². The average molecular weight is 715 g/mol. The van der Waals surface area contributed by atoms with Crippen molar-refractivity contribution >= 4 is 34.8 Å². The molecule has 10 heteroatoms. The number of carbonyl (C=O) groups excluding carboxylic acids is 3. The van der Waals surface area contributed by atoms with Gasteiger partial charge in [0.2, 0.25) is 11.8 Å². The number of amides is 3. The first kappa shape index (κ1) is 39.1. The largest absolute Gasteiger partial charge is 0.494 e. The van der Waals surface area contributed by atoms with Gasteiger partial charge in [-0.2, -0.15) is 0 Å². The number of rotatable bonds is 20. The molecule has 5 rings (SSSR count). The summed E-state index contributed by atoms with van der Waals surface area (Å²) in [5.41, 5.74) is 0.423. The first-order valence-electron chi connectivity index (χ1n) is 19.2. The molecule has 2 aromatic rings. The van der Waals surface area contributed by atoms with Crippen molar-refractivity contribution in [1.82, 2.24) is 4.90 Å². The molecule has 0 saturated carbocycles. The number of carbonyl (C=O) groups is 3. The third kappa shape index (κ3) is 7.12. The maximum absolute atomic E-state index is 15.1. The number of ether oxygens (including phenoxy) is 2. The number of hydrogen-bond acceptors (Lipinski definition) is 7. The molecule has 3 aliphatic heterocycles. The predicted molar refractivity (Wildman–Crippen MR) is 207 cm³/mol. The smallest absolute Gasteiger partial charge is 0.253 e. The lowest BCUT2D eigenvalue weighted by Crippen LogP contribution is -2.56. The van der Waals surface area contributed by atoms with Crippen molar-refractivity contribution in [2.24, 2.45) is 11.8 Å². The molecule has 3 saturated heterocycles. The molecular formula is C42H58N4O6. The first-order valence-corrected chi connectivity index (χ1v) is 19.2. The van der Waals surface area contributed by atoms with Crippen molar-refractivity contribution < 1.29 is 29.0 Å². The predicted octanol–water partition coefficient (Wildman–Crippen LogP) is 6.38. The Labute approximate surface area is 310 Å². The van der Waals surface area contributed by atoms with E-state index in [9.17, 15) is 14.7 Å². The fourth-order valence-corrected chi connectivity index (χ4v) is 8.90. The van der Waals surface area contributed by atoms with Crippen molar-refractivity contribution in [3.8, 4) is 5.75 Å². The van der Waals surface area contributed by atoms with Crippen LogP contribution in [0.5, 0.6) is 5.75 Å². The van der Waals surface area contributed by atoms with E-state index >= 15 is 4.79 Å². The Hall–Kier alpha value is -4.15. The lowest BCUT2D eigenvalue weighted by atomic mass is 9.64. The topological polar surface area (TPSA) is 103 Å². The molecule has 3 aliphatic rings. The van der Waals surface area contributed by atoms with Gasteiger partial charge in [-0.15, -0.1) is 13.2 Å². The van der Waals surface area contributed by atoms with Gasteiger partial charge in [0.1, 0.15) is 17.4 Å². The van der Waals surface area contributed by atoms with Crippen molar-refractivity contribution in [2.75, 3.05) is 60.6 Å². The molecule has 3 fully saturated rings. The lowest BCUT2D eigenvalue weighted by molar-refractivity contribution is -0.146. The van der Waals surface area contributed by atoms with Gasteiger partial charge in [-0.25, -0.2) is 0 Å². The molecule has 2 aromatic carbocycles. The van der Waals surface area contributed by atoms with E-state index in [1.165, 1.54) is 0 Å². The number of fused-ring (bicyclic) bond motifs is 1. The van der Waals surface area contributed by atoms with E-state index in [-0.39, 0.29) is 37.4 Å². The zero-order valence-electron chi connectivity index (χ0n) is 31.6. The number of aliphatic hydroxyl groups is 1. The second-order valence-corrected chi connectivity index (χ2v) is 14.1. The molecule has 1 spiro atoms. The highest BCUT2D eigenvalue weighted by Gasteiger charge is 2.79. The number of benzene rings is 2. The van der Waals surface area contributed by atoms with Gasteiger partial charge in [-0.05, 0) is 101 Å². The summed E-state index contributed by atoms with van der Waals surface area (Å²) in [7, 11) is 0. The van der Waals surface area contributed by atoms with E-state index in [1.807, 2.05) is 62.4 Å². The Morgan fingerprint density at radius 3 is 2.00 bits per heavy atom. The molecule has 52 heavy (non-hydrogen) atoms. The Kier molecular flexibility index (Phi) is 12.9. The average Bonchev–Trinajstić information content (AvgIpc) is 3.77. The van der Waals surface area contributed by atoms with E-state index in [0.717, 1.165) is 31.6 Å². The highest BCUT2D eigenvalue weighted by atomic mass is 16.5. The monoisotopic (exact) mass is 714 g/mol. The second-order valence-electron chi connectivity index (χ2n) is 14.1. The summed E-state index contributed by atoms with van der Waals surface area (Å²) in [5, 5.41) is 9.35. The van der Waals surface area contributed by atoms with Crippen molar-refractivity contribution in [3.05, 3.63) is 73.8 Å². The minimum absolute atomic E-state index is 0.116. The van der Waals surface area contributed by atoms with Gasteiger partial charge in [-0.3, -0.25) is 14.4 Å². The normalized spacial score (nSPS) is 24.4. The third-order valence-electron chi connectivity index (χ3n) is 11.4. The molecular weight excluding hydrogens is 656 g/mol. The Balaban J connectivity index is 1.55. The van der Waals surface area contributed by atoms with Crippen LogP contribution in [0.4, 0.5) is 17.1 Å². The van der Waals surface area contributed by atoms with Crippen LogP contribution >= 0.6 is 0 Å². The van der Waals surface area contributed by atoms with Crippen molar-refractivity contribution in [2.45, 2.75) is 89.9 Å². The van der Waals surface area contributed by atoms with Crippen LogP contribution in [0.3, 0.4) is 0 Å². The first-order chi connectivity index (χ1) is 25.2. The summed E-state index contributed by atoms with van der Waals surface area (Å²) in [5.74, 6) is -1.51. The highest BCUT2D eigenvalue weighted by molar-refractivity contribution is 6.07. The minimum Gasteiger partial charge on any atom is -0.494 e. The molecule has 10 nitrogen and oxygen atoms in total. The van der Waals surface area contributed by atoms with E-state index in [2.05, 4.69) is 31.9 Å². The second kappa shape index (κ2) is 17.1. The standard InChI is InChI=1S/C42H58N4O6/c1-7-27-44(33-21-23-34(24-22-33)51-12-6)38(48)35-36-39(49)46(29-15-13-14-16-30-47)37(42(36)26-25-41(35,9-3)52-42)40(50)45(28-8-2)32-19-17-31(18-20-32)43(10-4)11-5/h7-8,17-24,35-37,47H,1-2,9-16,25-30H2,3-6H3/t35-,36+,37?,41+,42?/m1/s1. The van der Waals surface area contributed by atoms with E-state index in [0.29, 0.717) is 62.4 Å². The molecule has 2 unspecified atom stereocenters. The summed E-state index contributed by atoms with van der Waals surface area (Å²) in [4.78, 5) is 52.4. The molecule has 0 aromatic heterocycles. The van der Waals surface area contributed by atoms with Crippen LogP contribution < -0.4 is 19.4 Å². The molecule has 3 amide bonds. The maximum atomic E-state index is 15.1. The third-order valence-corrected chi connectivity index (χ3v) is 11.4. The summed E-state index contributed by atoms with van der Waals surface area (Å²) >= 11 is 0. The Morgan fingerprint density at radius 2 is 1.44 bits per heavy atom. The van der Waals surface area contributed by atoms with Crippen LogP contribution in [0, 0.1) is 11.8 Å². The van der Waals surface area contributed by atoms with Gasteiger partial charge in [0.05, 0.1) is 24.0 Å². The van der Waals surface area contributed by atoms with Gasteiger partial charge in [-0.1, -0.05) is 31.9 Å². The van der Waals surface area contributed by atoms with Gasteiger partial charge < -0.3 is 34.2 Å². The highest BCUT2D eigenvalue weighted by Crippen LogP contribution is 2.65. The summed E-state index contributed by atoms with van der Waals surface area (Å²) in [6.07, 6.45) is 7.99. The number of anilines is 3. The molecule has 1 N–H and O–H groups in total. The Bertz CT molecular complexity index is 1560. The van der Waals surface area contributed by atoms with E-state index in [1.54, 1.807) is 26.9 Å². The van der Waals surface area contributed by atoms with Crippen LogP contribution in [-0.2, 0) is 19.1 Å². The van der Waals surface area contributed by atoms with E-state index in [4.69, 9.17) is 9.47 Å². The van der Waals surface area contributed by atoms with Crippen LogP contribution in [0.2, 0.25) is 0 Å². The van der Waals surface area contributed by atoms with Gasteiger partial charge in [0.15, 0.2) is 0 Å².